The largest absolute Gasteiger partial charge is 0.480 e. The van der Waals surface area contributed by atoms with Crippen LogP contribution in [-0.2, 0) is 16.0 Å². The summed E-state index contributed by atoms with van der Waals surface area (Å²) >= 11 is 0. The van der Waals surface area contributed by atoms with Gasteiger partial charge in [0, 0.05) is 6.42 Å². The summed E-state index contributed by atoms with van der Waals surface area (Å²) in [4.78, 5) is 22.6. The van der Waals surface area contributed by atoms with Crippen molar-refractivity contribution < 1.29 is 14.7 Å². The van der Waals surface area contributed by atoms with Crippen LogP contribution in [0.4, 0.5) is 0 Å². The molecule has 0 radical (unpaired) electrons. The third-order valence-corrected chi connectivity index (χ3v) is 3.67. The van der Waals surface area contributed by atoms with Crippen LogP contribution in [0, 0.1) is 0 Å². The first-order chi connectivity index (χ1) is 9.08. The molecule has 1 aliphatic rings. The topological polar surface area (TPSA) is 66.4 Å². The van der Waals surface area contributed by atoms with Crippen LogP contribution in [0.2, 0.25) is 0 Å². The van der Waals surface area contributed by atoms with E-state index in [-0.39, 0.29) is 11.8 Å². The average Bonchev–Trinajstić information content (AvgIpc) is 2.39. The zero-order valence-corrected chi connectivity index (χ0v) is 11.1. The lowest BCUT2D eigenvalue weighted by Gasteiger charge is -2.25. The Labute approximate surface area is 112 Å². The minimum atomic E-state index is -1.00. The Bertz CT molecular complexity index is 484. The highest BCUT2D eigenvalue weighted by molar-refractivity contribution is 5.83. The Balaban J connectivity index is 2.01. The molecule has 4 nitrogen and oxygen atoms in total. The average molecular weight is 261 g/mol. The highest BCUT2D eigenvalue weighted by Gasteiger charge is 2.23. The first-order valence-electron chi connectivity index (χ1n) is 6.68. The standard InChI is InChI=1S/C15H19NO3/c1-10(15(18)19)16-14(17)9-12-7-4-6-11-5-2-3-8-13(11)12/h2-3,5,8,10,12H,4,6-7,9H2,1H3,(H,16,17)(H,18,19). The summed E-state index contributed by atoms with van der Waals surface area (Å²) in [6.45, 7) is 1.48. The van der Waals surface area contributed by atoms with Crippen molar-refractivity contribution in [3.05, 3.63) is 35.4 Å². The van der Waals surface area contributed by atoms with Crippen LogP contribution in [0.25, 0.3) is 0 Å². The number of aliphatic carboxylic acids is 1. The van der Waals surface area contributed by atoms with Crippen LogP contribution in [0.5, 0.6) is 0 Å². The molecule has 1 aliphatic carbocycles. The van der Waals surface area contributed by atoms with Gasteiger partial charge in [-0.25, -0.2) is 0 Å². The predicted molar refractivity (Wildman–Crippen MR) is 72.0 cm³/mol. The Kier molecular flexibility index (Phi) is 4.20. The SMILES string of the molecule is CC(NC(=O)CC1CCCc2ccccc21)C(=O)O. The normalized spacial score (nSPS) is 19.3. The van der Waals surface area contributed by atoms with Gasteiger partial charge in [0.2, 0.25) is 5.91 Å². The van der Waals surface area contributed by atoms with E-state index in [9.17, 15) is 9.59 Å². The Morgan fingerprint density at radius 3 is 2.89 bits per heavy atom. The number of aryl methyl sites for hydroxylation is 1. The van der Waals surface area contributed by atoms with Gasteiger partial charge < -0.3 is 10.4 Å². The number of nitrogens with one attached hydrogen (secondary N) is 1. The third-order valence-electron chi connectivity index (χ3n) is 3.67. The van der Waals surface area contributed by atoms with Crippen molar-refractivity contribution in [2.45, 2.75) is 44.6 Å². The molecule has 1 amide bonds. The van der Waals surface area contributed by atoms with E-state index < -0.39 is 12.0 Å². The first-order valence-corrected chi connectivity index (χ1v) is 6.68. The van der Waals surface area contributed by atoms with Crippen molar-refractivity contribution in [1.82, 2.24) is 5.32 Å². The summed E-state index contributed by atoms with van der Waals surface area (Å²) in [6.07, 6.45) is 3.52. The highest BCUT2D eigenvalue weighted by Crippen LogP contribution is 2.33. The van der Waals surface area contributed by atoms with E-state index >= 15 is 0 Å². The van der Waals surface area contributed by atoms with Crippen LogP contribution in [0.1, 0.15) is 43.2 Å². The van der Waals surface area contributed by atoms with Crippen molar-refractivity contribution in [3.63, 3.8) is 0 Å². The van der Waals surface area contributed by atoms with Crippen molar-refractivity contribution >= 4 is 11.9 Å². The summed E-state index contributed by atoms with van der Waals surface area (Å²) in [7, 11) is 0. The maximum Gasteiger partial charge on any atom is 0.325 e. The second-order valence-corrected chi connectivity index (χ2v) is 5.12. The lowest BCUT2D eigenvalue weighted by Crippen LogP contribution is -2.39. The number of rotatable bonds is 4. The fraction of sp³-hybridized carbons (Fsp3) is 0.467. The van der Waals surface area contributed by atoms with Gasteiger partial charge in [-0.05, 0) is 43.2 Å². The molecule has 0 saturated carbocycles. The molecule has 0 aromatic heterocycles. The van der Waals surface area contributed by atoms with E-state index in [1.807, 2.05) is 12.1 Å². The fourth-order valence-electron chi connectivity index (χ4n) is 2.65. The smallest absolute Gasteiger partial charge is 0.325 e. The molecule has 0 fully saturated rings. The summed E-state index contributed by atoms with van der Waals surface area (Å²) in [5, 5.41) is 11.3. The van der Waals surface area contributed by atoms with Crippen LogP contribution in [-0.4, -0.2) is 23.0 Å². The van der Waals surface area contributed by atoms with E-state index in [4.69, 9.17) is 5.11 Å². The zero-order valence-electron chi connectivity index (χ0n) is 11.1. The molecule has 1 aromatic rings. The molecule has 2 rings (SSSR count). The lowest BCUT2D eigenvalue weighted by molar-refractivity contribution is -0.141. The maximum absolute atomic E-state index is 11.9. The second kappa shape index (κ2) is 5.87. The minimum absolute atomic E-state index is 0.184. The molecule has 102 valence electrons. The lowest BCUT2D eigenvalue weighted by atomic mass is 9.81. The molecule has 4 heteroatoms. The van der Waals surface area contributed by atoms with Crippen molar-refractivity contribution in [3.8, 4) is 0 Å². The van der Waals surface area contributed by atoms with E-state index in [0.717, 1.165) is 19.3 Å². The monoisotopic (exact) mass is 261 g/mol. The van der Waals surface area contributed by atoms with Gasteiger partial charge in [0.25, 0.3) is 0 Å². The second-order valence-electron chi connectivity index (χ2n) is 5.12. The van der Waals surface area contributed by atoms with Crippen LogP contribution in [0.15, 0.2) is 24.3 Å². The molecular formula is C15H19NO3. The van der Waals surface area contributed by atoms with Crippen LogP contribution in [0.3, 0.4) is 0 Å². The molecule has 0 saturated heterocycles. The highest BCUT2D eigenvalue weighted by atomic mass is 16.4. The van der Waals surface area contributed by atoms with E-state index in [2.05, 4.69) is 17.4 Å². The van der Waals surface area contributed by atoms with Gasteiger partial charge in [-0.3, -0.25) is 9.59 Å². The number of carbonyl (C=O) groups excluding carboxylic acids is 1. The molecule has 0 aliphatic heterocycles. The van der Waals surface area contributed by atoms with Gasteiger partial charge in [0.05, 0.1) is 0 Å². The Morgan fingerprint density at radius 2 is 2.16 bits per heavy atom. The summed E-state index contributed by atoms with van der Waals surface area (Å²) in [5.74, 6) is -0.972. The summed E-state index contributed by atoms with van der Waals surface area (Å²) < 4.78 is 0. The molecule has 0 heterocycles. The number of benzene rings is 1. The number of fused-ring (bicyclic) bond motifs is 1. The van der Waals surface area contributed by atoms with Crippen molar-refractivity contribution in [1.29, 1.82) is 0 Å². The molecule has 2 N–H and O–H groups in total. The number of carbonyl (C=O) groups is 2. The minimum Gasteiger partial charge on any atom is -0.480 e. The van der Waals surface area contributed by atoms with Gasteiger partial charge >= 0.3 is 5.97 Å². The molecule has 0 spiro atoms. The maximum atomic E-state index is 11.9. The number of hydrogen-bond donors (Lipinski definition) is 2. The molecule has 2 atom stereocenters. The number of carboxylic acid groups (broad SMARTS) is 1. The quantitative estimate of drug-likeness (QED) is 0.872. The Morgan fingerprint density at radius 1 is 1.42 bits per heavy atom. The Hall–Kier alpha value is -1.84. The van der Waals surface area contributed by atoms with Gasteiger partial charge in [-0.15, -0.1) is 0 Å². The zero-order chi connectivity index (χ0) is 13.8. The van der Waals surface area contributed by atoms with Crippen LogP contribution >= 0.6 is 0 Å². The van der Waals surface area contributed by atoms with E-state index in [1.54, 1.807) is 0 Å². The fourth-order valence-corrected chi connectivity index (χ4v) is 2.65. The number of amides is 1. The van der Waals surface area contributed by atoms with Gasteiger partial charge in [0.15, 0.2) is 0 Å². The number of carboxylic acids is 1. The third kappa shape index (κ3) is 3.34. The van der Waals surface area contributed by atoms with E-state index in [1.165, 1.54) is 18.1 Å². The van der Waals surface area contributed by atoms with E-state index in [0.29, 0.717) is 6.42 Å². The number of hydrogen-bond acceptors (Lipinski definition) is 2. The van der Waals surface area contributed by atoms with Gasteiger partial charge in [0.1, 0.15) is 6.04 Å². The van der Waals surface area contributed by atoms with Gasteiger partial charge in [-0.2, -0.15) is 0 Å². The molecule has 0 bridgehead atoms. The van der Waals surface area contributed by atoms with Crippen molar-refractivity contribution in [2.75, 3.05) is 0 Å². The molecule has 19 heavy (non-hydrogen) atoms. The molecular weight excluding hydrogens is 242 g/mol. The van der Waals surface area contributed by atoms with Gasteiger partial charge in [-0.1, -0.05) is 24.3 Å². The van der Waals surface area contributed by atoms with Crippen LogP contribution < -0.4 is 5.32 Å². The van der Waals surface area contributed by atoms with Crippen molar-refractivity contribution in [2.24, 2.45) is 0 Å². The molecule has 1 aromatic carbocycles. The predicted octanol–water partition coefficient (Wildman–Crippen LogP) is 2.09. The summed E-state index contributed by atoms with van der Waals surface area (Å²) in [5.41, 5.74) is 2.56. The first kappa shape index (κ1) is 13.6. The summed E-state index contributed by atoms with van der Waals surface area (Å²) in [6, 6.07) is 7.38. The molecule has 2 unspecified atom stereocenters.